The molecule has 0 saturated heterocycles. The fourth-order valence-corrected chi connectivity index (χ4v) is 8.92. The van der Waals surface area contributed by atoms with Crippen molar-refractivity contribution in [3.05, 3.63) is 180 Å². The van der Waals surface area contributed by atoms with Gasteiger partial charge in [0.05, 0.1) is 5.41 Å². The van der Waals surface area contributed by atoms with Crippen LogP contribution in [0.5, 0.6) is 11.5 Å². The number of hydrogen-bond donors (Lipinski definition) is 0. The van der Waals surface area contributed by atoms with Gasteiger partial charge in [0.25, 0.3) is 0 Å². The van der Waals surface area contributed by atoms with Gasteiger partial charge in [-0.05, 0) is 90.0 Å². The summed E-state index contributed by atoms with van der Waals surface area (Å²) >= 11 is 0. The lowest BCUT2D eigenvalue weighted by Crippen LogP contribution is -2.26. The third-order valence-electron chi connectivity index (χ3n) is 10.7. The van der Waals surface area contributed by atoms with E-state index in [4.69, 9.17) is 4.74 Å². The highest BCUT2D eigenvalue weighted by Gasteiger charge is 2.52. The average molecular weight is 583 g/mol. The van der Waals surface area contributed by atoms with E-state index in [-0.39, 0.29) is 0 Å². The first-order valence-electron chi connectivity index (χ1n) is 16.0. The van der Waals surface area contributed by atoms with Crippen LogP contribution < -0.4 is 4.74 Å². The van der Waals surface area contributed by atoms with Crippen molar-refractivity contribution in [2.45, 2.75) is 5.41 Å². The summed E-state index contributed by atoms with van der Waals surface area (Å²) in [5.74, 6) is 1.83. The van der Waals surface area contributed by atoms with Crippen molar-refractivity contribution in [3.8, 4) is 56.0 Å². The van der Waals surface area contributed by atoms with E-state index in [1.54, 1.807) is 0 Å². The first-order valence-corrected chi connectivity index (χ1v) is 16.0. The van der Waals surface area contributed by atoms with Gasteiger partial charge in [-0.25, -0.2) is 0 Å². The Kier molecular flexibility index (Phi) is 4.57. The third-order valence-corrected chi connectivity index (χ3v) is 10.7. The Morgan fingerprint density at radius 1 is 0.391 bits per heavy atom. The maximum atomic E-state index is 6.45. The van der Waals surface area contributed by atoms with Gasteiger partial charge in [-0.1, -0.05) is 140 Å². The number of ether oxygens (including phenoxy) is 1. The van der Waals surface area contributed by atoms with Gasteiger partial charge in [0.2, 0.25) is 0 Å². The van der Waals surface area contributed by atoms with Crippen LogP contribution in [-0.2, 0) is 5.41 Å². The summed E-state index contributed by atoms with van der Waals surface area (Å²) in [6, 6.07) is 58.3. The third kappa shape index (κ3) is 2.87. The molecule has 1 atom stereocenters. The molecule has 0 amide bonds. The van der Waals surface area contributed by atoms with Gasteiger partial charge in [-0.3, -0.25) is 0 Å². The van der Waals surface area contributed by atoms with E-state index < -0.39 is 5.41 Å². The summed E-state index contributed by atoms with van der Waals surface area (Å²) in [5.41, 5.74) is 15.2. The van der Waals surface area contributed by atoms with Crippen molar-refractivity contribution in [1.82, 2.24) is 0 Å². The molecule has 212 valence electrons. The zero-order valence-electron chi connectivity index (χ0n) is 24.9. The Balaban J connectivity index is 1.28. The lowest BCUT2D eigenvalue weighted by Gasteiger charge is -2.32. The Morgan fingerprint density at radius 3 is 1.87 bits per heavy atom. The summed E-state index contributed by atoms with van der Waals surface area (Å²) in [4.78, 5) is 0. The highest BCUT2D eigenvalue weighted by Crippen LogP contribution is 2.64. The predicted molar refractivity (Wildman–Crippen MR) is 189 cm³/mol. The van der Waals surface area contributed by atoms with Gasteiger partial charge in [0.15, 0.2) is 0 Å². The Morgan fingerprint density at radius 2 is 1.00 bits per heavy atom. The molecule has 0 radical (unpaired) electrons. The lowest BCUT2D eigenvalue weighted by atomic mass is 9.69. The zero-order valence-corrected chi connectivity index (χ0v) is 24.9. The summed E-state index contributed by atoms with van der Waals surface area (Å²) in [6.07, 6.45) is 0. The molecular weight excluding hydrogens is 556 g/mol. The van der Waals surface area contributed by atoms with E-state index in [1.165, 1.54) is 82.7 Å². The average Bonchev–Trinajstić information content (AvgIpc) is 3.59. The SMILES string of the molecule is c1ccc2c(c1)Oc1cccc3ccc(-c4ccc5c(c4)C4(c6ccccc6-5)c5ccccc5-c5ccc6ccccc6c54)c-2c13. The van der Waals surface area contributed by atoms with Crippen molar-refractivity contribution in [2.75, 3.05) is 0 Å². The van der Waals surface area contributed by atoms with Crippen LogP contribution in [0.15, 0.2) is 158 Å². The number of hydrogen-bond acceptors (Lipinski definition) is 1. The Hall–Kier alpha value is -5.92. The van der Waals surface area contributed by atoms with Crippen molar-refractivity contribution in [1.29, 1.82) is 0 Å². The van der Waals surface area contributed by atoms with E-state index in [2.05, 4.69) is 158 Å². The smallest absolute Gasteiger partial charge is 0.135 e. The molecule has 1 heteroatoms. The number of rotatable bonds is 1. The van der Waals surface area contributed by atoms with Crippen LogP contribution in [0.1, 0.15) is 22.3 Å². The van der Waals surface area contributed by atoms with Crippen molar-refractivity contribution < 1.29 is 4.74 Å². The minimum absolute atomic E-state index is 0.422. The largest absolute Gasteiger partial charge is 0.456 e. The fraction of sp³-hybridized carbons (Fsp3) is 0.0222. The molecule has 2 aliphatic carbocycles. The summed E-state index contributed by atoms with van der Waals surface area (Å²) in [7, 11) is 0. The molecule has 1 unspecified atom stereocenters. The van der Waals surface area contributed by atoms with Crippen molar-refractivity contribution in [3.63, 3.8) is 0 Å². The highest BCUT2D eigenvalue weighted by atomic mass is 16.5. The van der Waals surface area contributed by atoms with E-state index in [1.807, 2.05) is 0 Å². The number of benzene rings is 8. The van der Waals surface area contributed by atoms with Crippen LogP contribution in [0.4, 0.5) is 0 Å². The lowest BCUT2D eigenvalue weighted by molar-refractivity contribution is 0.487. The first-order chi connectivity index (χ1) is 22.8. The van der Waals surface area contributed by atoms with Gasteiger partial charge in [0.1, 0.15) is 11.5 Å². The molecule has 1 nitrogen and oxygen atoms in total. The van der Waals surface area contributed by atoms with Crippen molar-refractivity contribution >= 4 is 21.5 Å². The summed E-state index contributed by atoms with van der Waals surface area (Å²) < 4.78 is 6.45. The van der Waals surface area contributed by atoms with Gasteiger partial charge >= 0.3 is 0 Å². The molecule has 3 aliphatic rings. The second-order valence-electron chi connectivity index (χ2n) is 12.8. The Bertz CT molecular complexity index is 2610. The molecule has 1 aliphatic heterocycles. The van der Waals surface area contributed by atoms with Gasteiger partial charge in [-0.2, -0.15) is 0 Å². The fourth-order valence-electron chi connectivity index (χ4n) is 8.92. The van der Waals surface area contributed by atoms with Gasteiger partial charge < -0.3 is 4.74 Å². The maximum absolute atomic E-state index is 6.45. The van der Waals surface area contributed by atoms with Crippen LogP contribution in [0, 0.1) is 0 Å². The minimum atomic E-state index is -0.422. The normalized spacial score (nSPS) is 16.1. The quantitative estimate of drug-likeness (QED) is 0.187. The van der Waals surface area contributed by atoms with Crippen LogP contribution in [0.25, 0.3) is 66.1 Å². The van der Waals surface area contributed by atoms with Gasteiger partial charge in [-0.15, -0.1) is 0 Å². The molecule has 8 aromatic rings. The summed E-state index contributed by atoms with van der Waals surface area (Å²) in [5, 5.41) is 4.97. The molecule has 46 heavy (non-hydrogen) atoms. The summed E-state index contributed by atoms with van der Waals surface area (Å²) in [6.45, 7) is 0. The molecular formula is C45H26O. The van der Waals surface area contributed by atoms with E-state index in [9.17, 15) is 0 Å². The molecule has 0 saturated carbocycles. The minimum Gasteiger partial charge on any atom is -0.456 e. The second kappa shape index (κ2) is 8.62. The van der Waals surface area contributed by atoms with Crippen LogP contribution in [0.3, 0.4) is 0 Å². The molecule has 0 aromatic heterocycles. The molecule has 1 heterocycles. The number of fused-ring (bicyclic) bond motifs is 14. The molecule has 0 bridgehead atoms. The van der Waals surface area contributed by atoms with E-state index in [0.717, 1.165) is 17.1 Å². The van der Waals surface area contributed by atoms with E-state index >= 15 is 0 Å². The molecule has 0 fully saturated rings. The second-order valence-corrected chi connectivity index (χ2v) is 12.8. The molecule has 1 spiro atoms. The van der Waals surface area contributed by atoms with Crippen molar-refractivity contribution in [2.24, 2.45) is 0 Å². The molecule has 0 N–H and O–H groups in total. The van der Waals surface area contributed by atoms with Crippen LogP contribution in [-0.4, -0.2) is 0 Å². The first kappa shape index (κ1) is 24.4. The molecule has 11 rings (SSSR count). The van der Waals surface area contributed by atoms with E-state index in [0.29, 0.717) is 0 Å². The maximum Gasteiger partial charge on any atom is 0.135 e. The highest BCUT2D eigenvalue weighted by molar-refractivity contribution is 6.10. The standard InChI is InChI=1S/C45H26O/c1-2-12-31-27(10-1)20-25-35-33-14-4-7-17-38(33)45(44(31)35)37-16-6-3-13-32(37)34-24-22-29(26-39(34)45)30-23-21-28-11-9-19-41-42(28)43(30)36-15-5-8-18-40(36)46-41/h1-26H. The Labute approximate surface area is 267 Å². The molecule has 8 aromatic carbocycles. The zero-order chi connectivity index (χ0) is 30.0. The monoisotopic (exact) mass is 582 g/mol. The number of para-hydroxylation sites is 1. The van der Waals surface area contributed by atoms with Gasteiger partial charge in [0, 0.05) is 16.5 Å². The van der Waals surface area contributed by atoms with Crippen LogP contribution in [0.2, 0.25) is 0 Å². The van der Waals surface area contributed by atoms with Crippen LogP contribution >= 0.6 is 0 Å². The topological polar surface area (TPSA) is 9.23 Å². The predicted octanol–water partition coefficient (Wildman–Crippen LogP) is 11.8.